The van der Waals surface area contributed by atoms with Gasteiger partial charge in [0.2, 0.25) is 0 Å². The maximum atomic E-state index is 2.39. The smallest absolute Gasteiger partial charge is 0.00404 e. The highest BCUT2D eigenvalue weighted by atomic mass is 14.4. The summed E-state index contributed by atoms with van der Waals surface area (Å²) in [6, 6.07) is 0. The van der Waals surface area contributed by atoms with Crippen LogP contribution >= 0.6 is 0 Å². The first-order valence-electron chi connectivity index (χ1n) is 4.18. The molecule has 1 atom stereocenters. The van der Waals surface area contributed by atoms with Crippen molar-refractivity contribution in [2.24, 2.45) is 17.3 Å². The molecule has 0 saturated carbocycles. The van der Waals surface area contributed by atoms with Gasteiger partial charge in [-0.2, -0.15) is 0 Å². The monoisotopic (exact) mass is 138 g/mol. The Bertz CT molecular complexity index is 161. The highest BCUT2D eigenvalue weighted by Gasteiger charge is 2.37. The molecule has 0 spiro atoms. The van der Waals surface area contributed by atoms with Gasteiger partial charge in [0.15, 0.2) is 0 Å². The van der Waals surface area contributed by atoms with Gasteiger partial charge in [0.25, 0.3) is 0 Å². The first-order chi connectivity index (χ1) is 4.45. The predicted molar refractivity (Wildman–Crippen MR) is 45.9 cm³/mol. The van der Waals surface area contributed by atoms with Crippen LogP contribution in [0.15, 0.2) is 11.6 Å². The van der Waals surface area contributed by atoms with Crippen molar-refractivity contribution in [3.63, 3.8) is 0 Å². The van der Waals surface area contributed by atoms with Crippen molar-refractivity contribution in [1.82, 2.24) is 0 Å². The van der Waals surface area contributed by atoms with Crippen LogP contribution in [-0.2, 0) is 0 Å². The molecule has 0 radical (unpaired) electrons. The molecule has 58 valence electrons. The van der Waals surface area contributed by atoms with Gasteiger partial charge in [-0.3, -0.25) is 0 Å². The summed E-state index contributed by atoms with van der Waals surface area (Å²) in [5, 5.41) is 0. The Hall–Kier alpha value is -0.260. The highest BCUT2D eigenvalue weighted by Crippen LogP contribution is 2.49. The molecule has 10 heavy (non-hydrogen) atoms. The molecule has 0 aromatic heterocycles. The fraction of sp³-hybridized carbons (Fsp3) is 0.800. The van der Waals surface area contributed by atoms with Gasteiger partial charge in [-0.25, -0.2) is 0 Å². The first kappa shape index (κ1) is 7.84. The van der Waals surface area contributed by atoms with Crippen LogP contribution in [-0.4, -0.2) is 0 Å². The summed E-state index contributed by atoms with van der Waals surface area (Å²) in [5.41, 5.74) is 2.12. The highest BCUT2D eigenvalue weighted by molar-refractivity contribution is 5.37. The third-order valence-corrected chi connectivity index (χ3v) is 2.67. The van der Waals surface area contributed by atoms with E-state index in [1.807, 2.05) is 0 Å². The Morgan fingerprint density at radius 1 is 1.20 bits per heavy atom. The van der Waals surface area contributed by atoms with Gasteiger partial charge in [0.1, 0.15) is 0 Å². The second-order valence-corrected chi connectivity index (χ2v) is 4.35. The van der Waals surface area contributed by atoms with E-state index in [2.05, 4.69) is 40.7 Å². The van der Waals surface area contributed by atoms with E-state index in [0.29, 0.717) is 5.41 Å². The molecule has 0 aromatic rings. The molecule has 0 saturated heterocycles. The van der Waals surface area contributed by atoms with Gasteiger partial charge in [0, 0.05) is 5.41 Å². The fourth-order valence-corrected chi connectivity index (χ4v) is 1.43. The predicted octanol–water partition coefficient (Wildman–Crippen LogP) is 3.24. The fourth-order valence-electron chi connectivity index (χ4n) is 1.43. The molecule has 0 bridgehead atoms. The summed E-state index contributed by atoms with van der Waals surface area (Å²) in [6.45, 7) is 11.5. The van der Waals surface area contributed by atoms with Gasteiger partial charge in [-0.05, 0) is 11.8 Å². The minimum atomic E-state index is 0.462. The molecule has 1 rings (SSSR count). The Morgan fingerprint density at radius 2 is 1.60 bits per heavy atom. The molecular formula is C10H18. The van der Waals surface area contributed by atoms with E-state index in [1.165, 1.54) is 0 Å². The molecule has 0 N–H and O–H groups in total. The van der Waals surface area contributed by atoms with Gasteiger partial charge in [-0.15, -0.1) is 0 Å². The van der Waals surface area contributed by atoms with Crippen molar-refractivity contribution >= 4 is 0 Å². The van der Waals surface area contributed by atoms with E-state index in [-0.39, 0.29) is 0 Å². The average molecular weight is 138 g/mol. The summed E-state index contributed by atoms with van der Waals surface area (Å²) < 4.78 is 0. The van der Waals surface area contributed by atoms with E-state index in [0.717, 1.165) is 11.8 Å². The second kappa shape index (κ2) is 2.11. The van der Waals surface area contributed by atoms with Crippen LogP contribution < -0.4 is 0 Å². The van der Waals surface area contributed by atoms with Crippen molar-refractivity contribution in [2.45, 2.75) is 34.6 Å². The first-order valence-corrected chi connectivity index (χ1v) is 4.18. The molecule has 1 aliphatic rings. The molecule has 1 unspecified atom stereocenters. The molecule has 0 nitrogen and oxygen atoms in total. The lowest BCUT2D eigenvalue weighted by atomic mass is 9.89. The second-order valence-electron chi connectivity index (χ2n) is 4.35. The van der Waals surface area contributed by atoms with Gasteiger partial charge >= 0.3 is 0 Å². The van der Waals surface area contributed by atoms with Gasteiger partial charge in [0.05, 0.1) is 0 Å². The Kier molecular flexibility index (Phi) is 1.66. The zero-order chi connectivity index (χ0) is 7.94. The molecule has 0 amide bonds. The summed E-state index contributed by atoms with van der Waals surface area (Å²) >= 11 is 0. The Morgan fingerprint density at radius 3 is 1.70 bits per heavy atom. The quantitative estimate of drug-likeness (QED) is 0.514. The Labute approximate surface area is 64.3 Å². The van der Waals surface area contributed by atoms with E-state index >= 15 is 0 Å². The lowest BCUT2D eigenvalue weighted by Gasteiger charge is -2.15. The summed E-state index contributed by atoms with van der Waals surface area (Å²) in [6.07, 6.45) is 2.39. The maximum Gasteiger partial charge on any atom is 0.00404 e. The van der Waals surface area contributed by atoms with Crippen molar-refractivity contribution in [3.8, 4) is 0 Å². The van der Waals surface area contributed by atoms with Crippen LogP contribution in [0.4, 0.5) is 0 Å². The molecule has 1 aliphatic carbocycles. The molecule has 0 heterocycles. The molecule has 0 heteroatoms. The molecule has 0 fully saturated rings. The summed E-state index contributed by atoms with van der Waals surface area (Å²) in [4.78, 5) is 0. The SMILES string of the molecule is CC(C)C(C)C1=CC1(C)C. The van der Waals surface area contributed by atoms with Crippen LogP contribution in [0, 0.1) is 17.3 Å². The topological polar surface area (TPSA) is 0 Å². The zero-order valence-corrected chi connectivity index (χ0v) is 7.73. The third kappa shape index (κ3) is 1.25. The number of hydrogen-bond donors (Lipinski definition) is 0. The van der Waals surface area contributed by atoms with Crippen LogP contribution in [0.1, 0.15) is 34.6 Å². The summed E-state index contributed by atoms with van der Waals surface area (Å²) in [5.74, 6) is 1.59. The van der Waals surface area contributed by atoms with E-state index in [9.17, 15) is 0 Å². The van der Waals surface area contributed by atoms with Crippen molar-refractivity contribution in [1.29, 1.82) is 0 Å². The molecular weight excluding hydrogens is 120 g/mol. The maximum absolute atomic E-state index is 2.39. The normalized spacial score (nSPS) is 24.4. The largest absolute Gasteiger partial charge is 0.0745 e. The zero-order valence-electron chi connectivity index (χ0n) is 7.73. The van der Waals surface area contributed by atoms with E-state index in [1.54, 1.807) is 5.57 Å². The van der Waals surface area contributed by atoms with Crippen molar-refractivity contribution in [3.05, 3.63) is 11.6 Å². The Balaban J connectivity index is 2.47. The van der Waals surface area contributed by atoms with Crippen LogP contribution in [0.3, 0.4) is 0 Å². The van der Waals surface area contributed by atoms with Crippen molar-refractivity contribution in [2.75, 3.05) is 0 Å². The van der Waals surface area contributed by atoms with E-state index in [4.69, 9.17) is 0 Å². The lowest BCUT2D eigenvalue weighted by molar-refractivity contribution is 0.455. The van der Waals surface area contributed by atoms with Crippen LogP contribution in [0.25, 0.3) is 0 Å². The standard InChI is InChI=1S/C10H18/c1-7(2)8(3)9-6-10(9,4)5/h6-8H,1-5H3. The number of rotatable bonds is 2. The van der Waals surface area contributed by atoms with Crippen molar-refractivity contribution < 1.29 is 0 Å². The summed E-state index contributed by atoms with van der Waals surface area (Å²) in [7, 11) is 0. The van der Waals surface area contributed by atoms with Gasteiger partial charge < -0.3 is 0 Å². The van der Waals surface area contributed by atoms with Gasteiger partial charge in [-0.1, -0.05) is 46.3 Å². The molecule has 0 aliphatic heterocycles. The van der Waals surface area contributed by atoms with Crippen LogP contribution in [0.5, 0.6) is 0 Å². The average Bonchev–Trinajstić information content (AvgIpc) is 2.38. The minimum Gasteiger partial charge on any atom is -0.0745 e. The number of allylic oxidation sites excluding steroid dienone is 2. The lowest BCUT2D eigenvalue weighted by Crippen LogP contribution is -2.06. The third-order valence-electron chi connectivity index (χ3n) is 2.67. The minimum absolute atomic E-state index is 0.462. The molecule has 0 aromatic carbocycles. The number of hydrogen-bond acceptors (Lipinski definition) is 0. The van der Waals surface area contributed by atoms with E-state index < -0.39 is 0 Å². The van der Waals surface area contributed by atoms with Crippen LogP contribution in [0.2, 0.25) is 0 Å².